The Bertz CT molecular complexity index is 572. The largest absolute Gasteiger partial charge is 0.271 e. The number of benzene rings is 2. The van der Waals surface area contributed by atoms with E-state index < -0.39 is 0 Å². The van der Waals surface area contributed by atoms with Gasteiger partial charge in [0.1, 0.15) is 5.82 Å². The molecular weight excluding hydrogens is 307 g/mol. The molecule has 19 heavy (non-hydrogen) atoms. The topological polar surface area (TPSA) is 38.0 Å². The molecule has 4 heteroatoms. The Morgan fingerprint density at radius 3 is 2.68 bits per heavy atom. The van der Waals surface area contributed by atoms with Crippen LogP contribution in [0.25, 0.3) is 0 Å². The molecule has 0 aliphatic carbocycles. The van der Waals surface area contributed by atoms with Crippen LogP contribution in [-0.4, -0.2) is 0 Å². The van der Waals surface area contributed by atoms with Gasteiger partial charge in [0.2, 0.25) is 0 Å². The van der Waals surface area contributed by atoms with Gasteiger partial charge in [-0.3, -0.25) is 11.3 Å². The van der Waals surface area contributed by atoms with E-state index in [1.807, 2.05) is 25.1 Å². The van der Waals surface area contributed by atoms with E-state index in [1.165, 1.54) is 6.07 Å². The third-order valence-electron chi connectivity index (χ3n) is 3.11. The summed E-state index contributed by atoms with van der Waals surface area (Å²) in [7, 11) is 0. The maximum absolute atomic E-state index is 13.7. The van der Waals surface area contributed by atoms with Crippen molar-refractivity contribution in [2.75, 3.05) is 0 Å². The third kappa shape index (κ3) is 3.41. The predicted octanol–water partition coefficient (Wildman–Crippen LogP) is 3.64. The van der Waals surface area contributed by atoms with Gasteiger partial charge in [0.05, 0.1) is 6.04 Å². The molecule has 2 aromatic carbocycles. The van der Waals surface area contributed by atoms with Crippen LogP contribution in [0.3, 0.4) is 0 Å². The SMILES string of the molecule is Cc1ccc(Br)c(C(Cc2ccccc2F)NN)c1. The van der Waals surface area contributed by atoms with Crippen molar-refractivity contribution in [3.8, 4) is 0 Å². The molecule has 3 N–H and O–H groups in total. The second-order valence-corrected chi connectivity index (χ2v) is 5.39. The van der Waals surface area contributed by atoms with Crippen LogP contribution in [0.5, 0.6) is 0 Å². The molecule has 2 rings (SSSR count). The van der Waals surface area contributed by atoms with E-state index >= 15 is 0 Å². The van der Waals surface area contributed by atoms with Crippen LogP contribution in [0.1, 0.15) is 22.7 Å². The molecule has 1 atom stereocenters. The van der Waals surface area contributed by atoms with Crippen molar-refractivity contribution in [2.24, 2.45) is 5.84 Å². The summed E-state index contributed by atoms with van der Waals surface area (Å²) in [5.41, 5.74) is 5.60. The number of hydrogen-bond donors (Lipinski definition) is 2. The van der Waals surface area contributed by atoms with Gasteiger partial charge in [-0.15, -0.1) is 0 Å². The monoisotopic (exact) mass is 322 g/mol. The highest BCUT2D eigenvalue weighted by atomic mass is 79.9. The molecule has 2 aromatic rings. The molecule has 2 nitrogen and oxygen atoms in total. The quantitative estimate of drug-likeness (QED) is 0.666. The molecular formula is C15H16BrFN2. The highest BCUT2D eigenvalue weighted by molar-refractivity contribution is 9.10. The smallest absolute Gasteiger partial charge is 0.126 e. The van der Waals surface area contributed by atoms with Crippen LogP contribution in [-0.2, 0) is 6.42 Å². The van der Waals surface area contributed by atoms with Crippen LogP contribution in [0.15, 0.2) is 46.9 Å². The minimum atomic E-state index is -0.202. The fourth-order valence-electron chi connectivity index (χ4n) is 2.07. The summed E-state index contributed by atoms with van der Waals surface area (Å²) in [6.45, 7) is 2.02. The zero-order chi connectivity index (χ0) is 13.8. The second kappa shape index (κ2) is 6.28. The minimum Gasteiger partial charge on any atom is -0.271 e. The summed E-state index contributed by atoms with van der Waals surface area (Å²) in [6.07, 6.45) is 0.505. The molecule has 0 saturated carbocycles. The fraction of sp³-hybridized carbons (Fsp3) is 0.200. The maximum atomic E-state index is 13.7. The Kier molecular flexibility index (Phi) is 4.69. The zero-order valence-corrected chi connectivity index (χ0v) is 12.2. The van der Waals surface area contributed by atoms with Crippen molar-refractivity contribution in [3.63, 3.8) is 0 Å². The molecule has 0 saturated heterocycles. The number of nitrogens with one attached hydrogen (secondary N) is 1. The third-order valence-corrected chi connectivity index (χ3v) is 3.83. The summed E-state index contributed by atoms with van der Waals surface area (Å²) in [4.78, 5) is 0. The normalized spacial score (nSPS) is 12.4. The maximum Gasteiger partial charge on any atom is 0.126 e. The van der Waals surface area contributed by atoms with Crippen molar-refractivity contribution < 1.29 is 4.39 Å². The van der Waals surface area contributed by atoms with Gasteiger partial charge in [0.15, 0.2) is 0 Å². The standard InChI is InChI=1S/C15H16BrFN2/c1-10-6-7-13(16)12(8-10)15(19-18)9-11-4-2-3-5-14(11)17/h2-8,15,19H,9,18H2,1H3. The minimum absolute atomic E-state index is 0.133. The molecule has 0 bridgehead atoms. The Labute approximate surface area is 120 Å². The number of hydrazine groups is 1. The summed E-state index contributed by atoms with van der Waals surface area (Å²) < 4.78 is 14.7. The second-order valence-electron chi connectivity index (χ2n) is 4.54. The number of rotatable bonds is 4. The van der Waals surface area contributed by atoms with Gasteiger partial charge in [0.25, 0.3) is 0 Å². The lowest BCUT2D eigenvalue weighted by atomic mass is 9.98. The van der Waals surface area contributed by atoms with E-state index in [9.17, 15) is 4.39 Å². The first-order chi connectivity index (χ1) is 9.11. The zero-order valence-electron chi connectivity index (χ0n) is 10.7. The van der Waals surface area contributed by atoms with Gasteiger partial charge in [-0.2, -0.15) is 0 Å². The average Bonchev–Trinajstić information content (AvgIpc) is 2.41. The van der Waals surface area contributed by atoms with Gasteiger partial charge in [-0.1, -0.05) is 51.8 Å². The molecule has 0 radical (unpaired) electrons. The molecule has 0 fully saturated rings. The van der Waals surface area contributed by atoms with Gasteiger partial charge in [-0.05, 0) is 36.6 Å². The summed E-state index contributed by atoms with van der Waals surface area (Å²) in [5, 5.41) is 0. The van der Waals surface area contributed by atoms with E-state index in [4.69, 9.17) is 5.84 Å². The van der Waals surface area contributed by atoms with Crippen molar-refractivity contribution in [2.45, 2.75) is 19.4 Å². The lowest BCUT2D eigenvalue weighted by molar-refractivity contribution is 0.527. The molecule has 0 aromatic heterocycles. The van der Waals surface area contributed by atoms with E-state index in [-0.39, 0.29) is 11.9 Å². The average molecular weight is 323 g/mol. The first kappa shape index (κ1) is 14.2. The highest BCUT2D eigenvalue weighted by Crippen LogP contribution is 2.27. The highest BCUT2D eigenvalue weighted by Gasteiger charge is 2.15. The molecule has 0 spiro atoms. The van der Waals surface area contributed by atoms with E-state index in [2.05, 4.69) is 27.4 Å². The van der Waals surface area contributed by atoms with Crippen molar-refractivity contribution in [1.29, 1.82) is 0 Å². The Morgan fingerprint density at radius 1 is 1.26 bits per heavy atom. The molecule has 0 heterocycles. The van der Waals surface area contributed by atoms with Crippen LogP contribution in [0.4, 0.5) is 4.39 Å². The van der Waals surface area contributed by atoms with Crippen LogP contribution in [0.2, 0.25) is 0 Å². The summed E-state index contributed by atoms with van der Waals surface area (Å²) in [5.74, 6) is 5.43. The molecule has 0 amide bonds. The Morgan fingerprint density at radius 2 is 2.00 bits per heavy atom. The first-order valence-corrected chi connectivity index (χ1v) is 6.86. The Balaban J connectivity index is 2.30. The van der Waals surface area contributed by atoms with E-state index in [1.54, 1.807) is 12.1 Å². The fourth-order valence-corrected chi connectivity index (χ4v) is 2.60. The van der Waals surface area contributed by atoms with Crippen molar-refractivity contribution in [1.82, 2.24) is 5.43 Å². The van der Waals surface area contributed by atoms with Crippen molar-refractivity contribution >= 4 is 15.9 Å². The molecule has 100 valence electrons. The van der Waals surface area contributed by atoms with Crippen LogP contribution >= 0.6 is 15.9 Å². The predicted molar refractivity (Wildman–Crippen MR) is 79.0 cm³/mol. The Hall–Kier alpha value is -1.23. The number of halogens is 2. The van der Waals surface area contributed by atoms with Crippen LogP contribution in [0, 0.1) is 12.7 Å². The number of nitrogens with two attached hydrogens (primary N) is 1. The molecule has 0 aliphatic heterocycles. The van der Waals surface area contributed by atoms with Gasteiger partial charge < -0.3 is 0 Å². The lowest BCUT2D eigenvalue weighted by Crippen LogP contribution is -2.30. The van der Waals surface area contributed by atoms with Gasteiger partial charge in [0, 0.05) is 4.47 Å². The molecule has 0 aliphatic rings. The lowest BCUT2D eigenvalue weighted by Gasteiger charge is -2.19. The van der Waals surface area contributed by atoms with Crippen LogP contribution < -0.4 is 11.3 Å². The number of hydrogen-bond acceptors (Lipinski definition) is 2. The number of aryl methyl sites for hydroxylation is 1. The van der Waals surface area contributed by atoms with E-state index in [0.29, 0.717) is 12.0 Å². The summed E-state index contributed by atoms with van der Waals surface area (Å²) in [6, 6.07) is 12.7. The van der Waals surface area contributed by atoms with Gasteiger partial charge >= 0.3 is 0 Å². The molecule has 1 unspecified atom stereocenters. The van der Waals surface area contributed by atoms with E-state index in [0.717, 1.165) is 15.6 Å². The van der Waals surface area contributed by atoms with Crippen molar-refractivity contribution in [3.05, 3.63) is 69.4 Å². The first-order valence-electron chi connectivity index (χ1n) is 6.07. The van der Waals surface area contributed by atoms with Gasteiger partial charge in [-0.25, -0.2) is 4.39 Å². The summed E-state index contributed by atoms with van der Waals surface area (Å²) >= 11 is 3.51.